The van der Waals surface area contributed by atoms with E-state index in [1.165, 1.54) is 0 Å². The molecule has 0 radical (unpaired) electrons. The Morgan fingerprint density at radius 3 is 0.929 bits per heavy atom. The molecule has 338 valence electrons. The molecule has 0 aliphatic heterocycles. The number of rotatable bonds is 38. The molecule has 0 aliphatic rings. The average molecular weight is 907 g/mol. The van der Waals surface area contributed by atoms with E-state index in [1.54, 1.807) is 76.2 Å². The van der Waals surface area contributed by atoms with Gasteiger partial charge < -0.3 is 45.2 Å². The van der Waals surface area contributed by atoms with E-state index in [0.29, 0.717) is 38.5 Å². The molecule has 0 rings (SSSR count). The van der Waals surface area contributed by atoms with Gasteiger partial charge in [0.1, 0.15) is 0 Å². The molecule has 0 bridgehead atoms. The van der Waals surface area contributed by atoms with Crippen LogP contribution in [0.2, 0.25) is 0 Å². The first-order chi connectivity index (χ1) is 26.5. The zero-order chi connectivity index (χ0) is 42.9. The van der Waals surface area contributed by atoms with Gasteiger partial charge in [-0.25, -0.2) is 0 Å². The molecule has 0 amide bonds. The molecule has 0 aromatic carbocycles. The van der Waals surface area contributed by atoms with Crippen molar-refractivity contribution in [3.8, 4) is 0 Å². The lowest BCUT2D eigenvalue weighted by molar-refractivity contribution is 0.189. The molecule has 0 saturated heterocycles. The topological polar surface area (TPSA) is 178 Å². The maximum atomic E-state index is 14.8. The molecular formula is C36H79O15P5. The molecule has 0 fully saturated rings. The summed E-state index contributed by atoms with van der Waals surface area (Å²) in [7, 11) is -18.3. The monoisotopic (exact) mass is 906 g/mol. The van der Waals surface area contributed by atoms with Crippen LogP contribution >= 0.6 is 38.0 Å². The Labute approximate surface area is 340 Å². The van der Waals surface area contributed by atoms with E-state index in [4.69, 9.17) is 45.2 Å². The molecule has 56 heavy (non-hydrogen) atoms. The highest BCUT2D eigenvalue weighted by Gasteiger charge is 2.51. The molecule has 0 spiro atoms. The van der Waals surface area contributed by atoms with Gasteiger partial charge in [0, 0.05) is 0 Å². The van der Waals surface area contributed by atoms with Crippen molar-refractivity contribution in [3.63, 3.8) is 0 Å². The predicted molar refractivity (Wildman–Crippen MR) is 226 cm³/mol. The largest absolute Gasteiger partial charge is 0.334 e. The minimum atomic E-state index is -3.96. The molecule has 0 aliphatic carbocycles. The number of unbranched alkanes of at least 4 members (excludes halogenated alkanes) is 1. The standard InChI is InChI=1S/C36H79O15P5/c1-13-42-52(37,43-14-2)32(11)26-25-28-34(54(39,46-17-5)47-18-6)27-23-24-29-35(55(40,48-19-7)49-20-8)36(56(41,50-21-9)51-22-10)31-30-33(12)53(38,44-15-3)45-16-4/h32-36H,13-31H2,1-12H3. The minimum absolute atomic E-state index is 0.0784. The second-order valence-corrected chi connectivity index (χ2v) is 25.0. The van der Waals surface area contributed by atoms with Gasteiger partial charge in [0.05, 0.1) is 94.4 Å². The van der Waals surface area contributed by atoms with E-state index < -0.39 is 60.6 Å². The Bertz CT molecular complexity index is 1220. The maximum absolute atomic E-state index is 14.8. The lowest BCUT2D eigenvalue weighted by Gasteiger charge is -2.37. The van der Waals surface area contributed by atoms with Crippen LogP contribution in [0.25, 0.3) is 0 Å². The Morgan fingerprint density at radius 2 is 0.571 bits per heavy atom. The van der Waals surface area contributed by atoms with Crippen molar-refractivity contribution in [3.05, 3.63) is 0 Å². The summed E-state index contributed by atoms with van der Waals surface area (Å²) in [6.07, 6.45) is 3.64. The van der Waals surface area contributed by atoms with Gasteiger partial charge in [-0.3, -0.25) is 22.8 Å². The molecular weight excluding hydrogens is 827 g/mol. The van der Waals surface area contributed by atoms with E-state index in [-0.39, 0.29) is 91.0 Å². The van der Waals surface area contributed by atoms with Gasteiger partial charge in [-0.2, -0.15) is 0 Å². The third kappa shape index (κ3) is 18.4. The van der Waals surface area contributed by atoms with Crippen LogP contribution in [0.5, 0.6) is 0 Å². The van der Waals surface area contributed by atoms with Gasteiger partial charge in [0.2, 0.25) is 0 Å². The molecule has 0 aromatic heterocycles. The van der Waals surface area contributed by atoms with E-state index in [1.807, 2.05) is 6.92 Å². The summed E-state index contributed by atoms with van der Waals surface area (Å²) < 4.78 is 128. The van der Waals surface area contributed by atoms with Gasteiger partial charge in [0.25, 0.3) is 0 Å². The van der Waals surface area contributed by atoms with Crippen LogP contribution in [0.15, 0.2) is 0 Å². The van der Waals surface area contributed by atoms with Crippen molar-refractivity contribution in [2.75, 3.05) is 66.1 Å². The van der Waals surface area contributed by atoms with Crippen LogP contribution in [0, 0.1) is 0 Å². The van der Waals surface area contributed by atoms with Crippen LogP contribution in [0.1, 0.15) is 141 Å². The second kappa shape index (κ2) is 29.9. The summed E-state index contributed by atoms with van der Waals surface area (Å²) in [4.78, 5) is 0. The van der Waals surface area contributed by atoms with E-state index >= 15 is 0 Å². The quantitative estimate of drug-likeness (QED) is 0.0422. The van der Waals surface area contributed by atoms with Crippen molar-refractivity contribution in [1.29, 1.82) is 0 Å². The fourth-order valence-electron chi connectivity index (χ4n) is 6.78. The Morgan fingerprint density at radius 1 is 0.304 bits per heavy atom. The van der Waals surface area contributed by atoms with Crippen LogP contribution in [0.3, 0.4) is 0 Å². The second-order valence-electron chi connectivity index (χ2n) is 13.2. The first kappa shape index (κ1) is 56.8. The van der Waals surface area contributed by atoms with Gasteiger partial charge in [-0.1, -0.05) is 33.1 Å². The summed E-state index contributed by atoms with van der Waals surface area (Å²) >= 11 is 0. The third-order valence-electron chi connectivity index (χ3n) is 9.20. The Kier molecular flexibility index (Phi) is 30.3. The van der Waals surface area contributed by atoms with Gasteiger partial charge >= 0.3 is 38.0 Å². The van der Waals surface area contributed by atoms with E-state index in [2.05, 4.69) is 0 Å². The normalized spacial score (nSPS) is 16.1. The zero-order valence-corrected chi connectivity index (χ0v) is 41.2. The third-order valence-corrected chi connectivity index (χ3v) is 22.6. The van der Waals surface area contributed by atoms with Crippen molar-refractivity contribution >= 4 is 38.0 Å². The summed E-state index contributed by atoms with van der Waals surface area (Å²) in [5, 5.41) is 0. The average Bonchev–Trinajstić information content (AvgIpc) is 3.12. The summed E-state index contributed by atoms with van der Waals surface area (Å²) in [5.41, 5.74) is -3.29. The smallest absolute Gasteiger partial charge is 0.309 e. The molecule has 0 heterocycles. The van der Waals surface area contributed by atoms with Gasteiger partial charge in [0.15, 0.2) is 0 Å². The minimum Gasteiger partial charge on any atom is -0.309 e. The molecule has 0 aromatic rings. The van der Waals surface area contributed by atoms with Gasteiger partial charge in [-0.05, 0) is 108 Å². The maximum Gasteiger partial charge on any atom is 0.334 e. The molecule has 15 nitrogen and oxygen atoms in total. The molecule has 5 unspecified atom stereocenters. The summed E-state index contributed by atoms with van der Waals surface area (Å²) in [6.45, 7) is 22.7. The van der Waals surface area contributed by atoms with Crippen LogP contribution in [0.4, 0.5) is 0 Å². The predicted octanol–water partition coefficient (Wildman–Crippen LogP) is 12.7. The first-order valence-electron chi connectivity index (χ1n) is 20.9. The van der Waals surface area contributed by atoms with Gasteiger partial charge in [-0.15, -0.1) is 0 Å². The van der Waals surface area contributed by atoms with Crippen LogP contribution in [-0.2, 0) is 68.1 Å². The molecule has 20 heteroatoms. The SMILES string of the molecule is CCOP(=O)(OCC)C(C)CCCC(CCCCC(C(CCC(C)P(=O)(OCC)OCC)P(=O)(OCC)OCC)P(=O)(OCC)OCC)P(=O)(OCC)OCC. The number of hydrogen-bond acceptors (Lipinski definition) is 15. The highest BCUT2D eigenvalue weighted by atomic mass is 31.2. The lowest BCUT2D eigenvalue weighted by Crippen LogP contribution is -2.31. The Hall–Kier alpha value is 0.750. The molecule has 0 N–H and O–H groups in total. The lowest BCUT2D eigenvalue weighted by atomic mass is 10.0. The number of hydrogen-bond donors (Lipinski definition) is 0. The van der Waals surface area contributed by atoms with Crippen molar-refractivity contribution in [2.45, 2.75) is 169 Å². The van der Waals surface area contributed by atoms with E-state index in [0.717, 1.165) is 0 Å². The fraction of sp³-hybridized carbons (Fsp3) is 1.00. The van der Waals surface area contributed by atoms with Crippen molar-refractivity contribution in [2.24, 2.45) is 0 Å². The fourth-order valence-corrected chi connectivity index (χ4v) is 18.0. The van der Waals surface area contributed by atoms with E-state index in [9.17, 15) is 22.8 Å². The molecule has 0 saturated carbocycles. The van der Waals surface area contributed by atoms with Crippen molar-refractivity contribution < 1.29 is 68.1 Å². The highest BCUT2D eigenvalue weighted by molar-refractivity contribution is 7.59. The van der Waals surface area contributed by atoms with Crippen LogP contribution < -0.4 is 0 Å². The first-order valence-corrected chi connectivity index (χ1v) is 29.0. The van der Waals surface area contributed by atoms with Crippen molar-refractivity contribution in [1.82, 2.24) is 0 Å². The highest BCUT2D eigenvalue weighted by Crippen LogP contribution is 2.67. The van der Waals surface area contributed by atoms with Crippen LogP contribution in [-0.4, -0.2) is 94.4 Å². The molecule has 5 atom stereocenters. The zero-order valence-electron chi connectivity index (χ0n) is 36.7. The summed E-state index contributed by atoms with van der Waals surface area (Å²) in [6, 6.07) is 0. The summed E-state index contributed by atoms with van der Waals surface area (Å²) in [5.74, 6) is 0. The Balaban J connectivity index is 6.77.